The zero-order valence-electron chi connectivity index (χ0n) is 16.0. The van der Waals surface area contributed by atoms with Gasteiger partial charge in [0, 0.05) is 25.0 Å². The van der Waals surface area contributed by atoms with Crippen LogP contribution in [-0.4, -0.2) is 37.1 Å². The minimum Gasteiger partial charge on any atom is -0.312 e. The van der Waals surface area contributed by atoms with Gasteiger partial charge in [-0.25, -0.2) is 0 Å². The van der Waals surface area contributed by atoms with Crippen LogP contribution in [0.15, 0.2) is 48.5 Å². The van der Waals surface area contributed by atoms with Crippen molar-refractivity contribution >= 4 is 0 Å². The summed E-state index contributed by atoms with van der Waals surface area (Å²) in [5, 5.41) is 3.66. The Hall–Kier alpha value is -1.85. The Balaban J connectivity index is 1.31. The second kappa shape index (κ2) is 8.26. The molecule has 0 radical (unpaired) electrons. The number of halogens is 3. The first kappa shape index (κ1) is 19.5. The van der Waals surface area contributed by atoms with Crippen LogP contribution >= 0.6 is 0 Å². The Kier molecular flexibility index (Phi) is 5.74. The second-order valence-corrected chi connectivity index (χ2v) is 8.01. The smallest absolute Gasteiger partial charge is 0.312 e. The van der Waals surface area contributed by atoms with Gasteiger partial charge in [0.05, 0.1) is 5.56 Å². The molecule has 0 amide bonds. The van der Waals surface area contributed by atoms with E-state index in [9.17, 15) is 13.2 Å². The molecule has 2 fully saturated rings. The largest absolute Gasteiger partial charge is 0.416 e. The van der Waals surface area contributed by atoms with Crippen molar-refractivity contribution in [3.8, 4) is 11.1 Å². The van der Waals surface area contributed by atoms with Gasteiger partial charge in [-0.15, -0.1) is 0 Å². The normalized spacial score (nSPS) is 23.0. The topological polar surface area (TPSA) is 15.3 Å². The Labute approximate surface area is 164 Å². The summed E-state index contributed by atoms with van der Waals surface area (Å²) < 4.78 is 38.7. The molecular formula is C23H27F3N2. The fraction of sp³-hybridized carbons (Fsp3) is 0.478. The minimum atomic E-state index is -4.31. The molecule has 2 aromatic rings. The van der Waals surface area contributed by atoms with E-state index in [-0.39, 0.29) is 0 Å². The molecule has 5 heteroatoms. The summed E-state index contributed by atoms with van der Waals surface area (Å²) in [6.45, 7) is 4.61. The molecule has 1 N–H and O–H groups in total. The van der Waals surface area contributed by atoms with Gasteiger partial charge in [-0.3, -0.25) is 0 Å². The predicted octanol–water partition coefficient (Wildman–Crippen LogP) is 5.30. The van der Waals surface area contributed by atoms with Crippen molar-refractivity contribution < 1.29 is 13.2 Å². The molecular weight excluding hydrogens is 361 g/mol. The van der Waals surface area contributed by atoms with Gasteiger partial charge in [0.25, 0.3) is 0 Å². The standard InChI is InChI=1S/C23H27F3N2/c24-23(25,26)20-6-4-5-19(15-20)17-7-9-18(10-8-17)21-16-22(21)27-11-14-28-12-2-1-3-13-28/h4-10,15,21-22,27H,1-3,11-14,16H2/t21-,22+/m0/s1. The molecule has 0 spiro atoms. The van der Waals surface area contributed by atoms with E-state index >= 15 is 0 Å². The molecule has 2 aliphatic rings. The highest BCUT2D eigenvalue weighted by molar-refractivity contribution is 5.65. The van der Waals surface area contributed by atoms with Gasteiger partial charge in [-0.2, -0.15) is 13.2 Å². The molecule has 2 atom stereocenters. The zero-order valence-corrected chi connectivity index (χ0v) is 16.0. The lowest BCUT2D eigenvalue weighted by molar-refractivity contribution is -0.137. The monoisotopic (exact) mass is 388 g/mol. The van der Waals surface area contributed by atoms with Crippen molar-refractivity contribution in [2.24, 2.45) is 0 Å². The van der Waals surface area contributed by atoms with Gasteiger partial charge in [0.1, 0.15) is 0 Å². The first-order valence-corrected chi connectivity index (χ1v) is 10.2. The number of likely N-dealkylation sites (tertiary alicyclic amines) is 1. The lowest BCUT2D eigenvalue weighted by atomic mass is 10.0. The predicted molar refractivity (Wildman–Crippen MR) is 106 cm³/mol. The summed E-state index contributed by atoms with van der Waals surface area (Å²) in [5.74, 6) is 0.525. The molecule has 1 aliphatic heterocycles. The molecule has 0 aromatic heterocycles. The van der Waals surface area contributed by atoms with Crippen molar-refractivity contribution in [2.45, 2.75) is 43.8 Å². The number of benzene rings is 2. The third-order valence-electron chi connectivity index (χ3n) is 5.94. The van der Waals surface area contributed by atoms with Crippen molar-refractivity contribution in [1.29, 1.82) is 0 Å². The van der Waals surface area contributed by atoms with E-state index < -0.39 is 11.7 Å². The Bertz CT molecular complexity index is 779. The molecule has 1 heterocycles. The van der Waals surface area contributed by atoms with E-state index in [2.05, 4.69) is 22.3 Å². The molecule has 150 valence electrons. The summed E-state index contributed by atoms with van der Waals surface area (Å²) in [6, 6.07) is 14.1. The third kappa shape index (κ3) is 4.76. The quantitative estimate of drug-likeness (QED) is 0.722. The zero-order chi connectivity index (χ0) is 19.6. The van der Waals surface area contributed by atoms with Gasteiger partial charge < -0.3 is 10.2 Å². The Morgan fingerprint density at radius 1 is 0.929 bits per heavy atom. The summed E-state index contributed by atoms with van der Waals surface area (Å²) in [5.41, 5.74) is 2.10. The van der Waals surface area contributed by atoms with Gasteiger partial charge in [0.15, 0.2) is 0 Å². The molecule has 0 bridgehead atoms. The SMILES string of the molecule is FC(F)(F)c1cccc(-c2ccc([C@@H]3C[C@H]3NCCN3CCCCC3)cc2)c1. The van der Waals surface area contributed by atoms with Gasteiger partial charge in [0.2, 0.25) is 0 Å². The van der Waals surface area contributed by atoms with Crippen LogP contribution in [0, 0.1) is 0 Å². The first-order valence-electron chi connectivity index (χ1n) is 10.2. The maximum absolute atomic E-state index is 12.9. The summed E-state index contributed by atoms with van der Waals surface area (Å²) in [6.07, 6.45) is 0.847. The van der Waals surface area contributed by atoms with Gasteiger partial charge in [-0.05, 0) is 61.2 Å². The van der Waals surface area contributed by atoms with E-state index in [0.29, 0.717) is 17.5 Å². The third-order valence-corrected chi connectivity index (χ3v) is 5.94. The Morgan fingerprint density at radius 3 is 2.39 bits per heavy atom. The molecule has 1 saturated heterocycles. The van der Waals surface area contributed by atoms with Crippen molar-refractivity contribution in [1.82, 2.24) is 10.2 Å². The van der Waals surface area contributed by atoms with E-state index in [1.54, 1.807) is 6.07 Å². The van der Waals surface area contributed by atoms with Crippen molar-refractivity contribution in [3.63, 3.8) is 0 Å². The van der Waals surface area contributed by atoms with Crippen LogP contribution in [0.5, 0.6) is 0 Å². The Morgan fingerprint density at radius 2 is 1.68 bits per heavy atom. The number of piperidine rings is 1. The number of hydrogen-bond donors (Lipinski definition) is 1. The molecule has 1 aliphatic carbocycles. The number of nitrogens with one attached hydrogen (secondary N) is 1. The average Bonchev–Trinajstić information content (AvgIpc) is 3.48. The van der Waals surface area contributed by atoms with Gasteiger partial charge in [-0.1, -0.05) is 42.8 Å². The van der Waals surface area contributed by atoms with Crippen LogP contribution < -0.4 is 5.32 Å². The highest BCUT2D eigenvalue weighted by Crippen LogP contribution is 2.41. The van der Waals surface area contributed by atoms with E-state index in [1.165, 1.54) is 50.0 Å². The van der Waals surface area contributed by atoms with Crippen LogP contribution in [-0.2, 0) is 6.18 Å². The number of alkyl halides is 3. The summed E-state index contributed by atoms with van der Waals surface area (Å²) in [7, 11) is 0. The molecule has 1 saturated carbocycles. The molecule has 2 nitrogen and oxygen atoms in total. The van der Waals surface area contributed by atoms with Gasteiger partial charge >= 0.3 is 6.18 Å². The average molecular weight is 388 g/mol. The second-order valence-electron chi connectivity index (χ2n) is 8.01. The maximum Gasteiger partial charge on any atom is 0.416 e. The number of nitrogens with zero attached hydrogens (tertiary/aromatic N) is 1. The fourth-order valence-electron chi connectivity index (χ4n) is 4.18. The minimum absolute atomic E-state index is 0.525. The summed E-state index contributed by atoms with van der Waals surface area (Å²) in [4.78, 5) is 2.54. The van der Waals surface area contributed by atoms with Crippen LogP contribution in [0.4, 0.5) is 13.2 Å². The van der Waals surface area contributed by atoms with Crippen LogP contribution in [0.3, 0.4) is 0 Å². The fourth-order valence-corrected chi connectivity index (χ4v) is 4.18. The highest BCUT2D eigenvalue weighted by Gasteiger charge is 2.37. The lowest BCUT2D eigenvalue weighted by Gasteiger charge is -2.26. The highest BCUT2D eigenvalue weighted by atomic mass is 19.4. The lowest BCUT2D eigenvalue weighted by Crippen LogP contribution is -2.36. The van der Waals surface area contributed by atoms with E-state index in [1.807, 2.05) is 12.1 Å². The number of hydrogen-bond acceptors (Lipinski definition) is 2. The van der Waals surface area contributed by atoms with Crippen LogP contribution in [0.25, 0.3) is 11.1 Å². The molecule has 4 rings (SSSR count). The molecule has 2 aromatic carbocycles. The van der Waals surface area contributed by atoms with Crippen LogP contribution in [0.1, 0.15) is 42.7 Å². The van der Waals surface area contributed by atoms with Crippen molar-refractivity contribution in [3.05, 3.63) is 59.7 Å². The van der Waals surface area contributed by atoms with E-state index in [0.717, 1.165) is 31.1 Å². The van der Waals surface area contributed by atoms with Crippen LogP contribution in [0.2, 0.25) is 0 Å². The van der Waals surface area contributed by atoms with Crippen molar-refractivity contribution in [2.75, 3.05) is 26.2 Å². The number of rotatable bonds is 6. The molecule has 0 unspecified atom stereocenters. The molecule has 28 heavy (non-hydrogen) atoms. The maximum atomic E-state index is 12.9. The first-order chi connectivity index (χ1) is 13.5. The summed E-state index contributed by atoms with van der Waals surface area (Å²) >= 11 is 0. The van der Waals surface area contributed by atoms with E-state index in [4.69, 9.17) is 0 Å².